The second-order valence-corrected chi connectivity index (χ2v) is 3.34. The van der Waals surface area contributed by atoms with E-state index in [0.29, 0.717) is 0 Å². The summed E-state index contributed by atoms with van der Waals surface area (Å²) in [5.74, 6) is -0.409. The van der Waals surface area contributed by atoms with Gasteiger partial charge < -0.3 is 10.5 Å². The van der Waals surface area contributed by atoms with Crippen molar-refractivity contribution < 1.29 is 9.53 Å². The molecule has 0 heterocycles. The van der Waals surface area contributed by atoms with E-state index < -0.39 is 12.0 Å². The van der Waals surface area contributed by atoms with Crippen molar-refractivity contribution >= 4 is 5.97 Å². The summed E-state index contributed by atoms with van der Waals surface area (Å²) in [7, 11) is 1.34. The normalized spacial score (nSPS) is 12.3. The third-order valence-corrected chi connectivity index (χ3v) is 2.35. The summed E-state index contributed by atoms with van der Waals surface area (Å²) in [6, 6.07) is 5.04. The number of carbonyl (C=O) groups is 1. The summed E-state index contributed by atoms with van der Waals surface area (Å²) in [6.07, 6.45) is 0. The number of carbonyl (C=O) groups excluding carboxylic acids is 1. The molecule has 0 aliphatic rings. The lowest BCUT2D eigenvalue weighted by Gasteiger charge is -2.11. The van der Waals surface area contributed by atoms with E-state index in [4.69, 9.17) is 5.73 Å². The van der Waals surface area contributed by atoms with Gasteiger partial charge in [-0.25, -0.2) is 0 Å². The van der Waals surface area contributed by atoms with Crippen molar-refractivity contribution in [2.45, 2.75) is 19.9 Å². The van der Waals surface area contributed by atoms with Gasteiger partial charge in [0.2, 0.25) is 0 Å². The Hall–Kier alpha value is -1.35. The number of hydrogen-bond donors (Lipinski definition) is 1. The molecule has 1 rings (SSSR count). The highest BCUT2D eigenvalue weighted by Crippen LogP contribution is 2.16. The van der Waals surface area contributed by atoms with Gasteiger partial charge in [0.25, 0.3) is 0 Å². The molecule has 0 spiro atoms. The zero-order valence-corrected chi connectivity index (χ0v) is 8.70. The summed E-state index contributed by atoms with van der Waals surface area (Å²) < 4.78 is 4.57. The van der Waals surface area contributed by atoms with Crippen LogP contribution in [-0.2, 0) is 9.53 Å². The molecular formula is C11H15NO2. The minimum absolute atomic E-state index is 0.409. The van der Waals surface area contributed by atoms with Gasteiger partial charge in [-0.15, -0.1) is 0 Å². The zero-order valence-electron chi connectivity index (χ0n) is 8.70. The molecule has 0 radical (unpaired) electrons. The SMILES string of the molecule is COC(=O)[C@H](N)c1ccc(C)c(C)c1. The smallest absolute Gasteiger partial charge is 0.327 e. The minimum atomic E-state index is -0.681. The molecule has 76 valence electrons. The molecule has 14 heavy (non-hydrogen) atoms. The van der Waals surface area contributed by atoms with Crippen LogP contribution in [0, 0.1) is 13.8 Å². The predicted octanol–water partition coefficient (Wildman–Crippen LogP) is 1.48. The van der Waals surface area contributed by atoms with Crippen molar-refractivity contribution in [2.75, 3.05) is 7.11 Å². The van der Waals surface area contributed by atoms with Crippen molar-refractivity contribution in [1.29, 1.82) is 0 Å². The third kappa shape index (κ3) is 2.12. The van der Waals surface area contributed by atoms with Crippen LogP contribution in [0.25, 0.3) is 0 Å². The Kier molecular flexibility index (Phi) is 3.25. The highest BCUT2D eigenvalue weighted by Gasteiger charge is 2.15. The zero-order chi connectivity index (χ0) is 10.7. The Morgan fingerprint density at radius 3 is 2.50 bits per heavy atom. The van der Waals surface area contributed by atoms with Crippen LogP contribution in [0.3, 0.4) is 0 Å². The minimum Gasteiger partial charge on any atom is -0.468 e. The molecule has 1 aromatic rings. The summed E-state index contributed by atoms with van der Waals surface area (Å²) in [4.78, 5) is 11.2. The van der Waals surface area contributed by atoms with Crippen LogP contribution in [0.1, 0.15) is 22.7 Å². The number of esters is 1. The van der Waals surface area contributed by atoms with Gasteiger partial charge >= 0.3 is 5.97 Å². The standard InChI is InChI=1S/C11H15NO2/c1-7-4-5-9(6-8(7)2)10(12)11(13)14-3/h4-6,10H,12H2,1-3H3/t10-/m1/s1. The largest absolute Gasteiger partial charge is 0.468 e. The average Bonchev–Trinajstić information content (AvgIpc) is 2.20. The van der Waals surface area contributed by atoms with Gasteiger partial charge in [-0.2, -0.15) is 0 Å². The fourth-order valence-electron chi connectivity index (χ4n) is 1.22. The maximum Gasteiger partial charge on any atom is 0.327 e. The number of aryl methyl sites for hydroxylation is 2. The molecule has 0 saturated carbocycles. The lowest BCUT2D eigenvalue weighted by atomic mass is 10.0. The van der Waals surface area contributed by atoms with Crippen LogP contribution in [-0.4, -0.2) is 13.1 Å². The van der Waals surface area contributed by atoms with Crippen molar-refractivity contribution in [2.24, 2.45) is 5.73 Å². The number of nitrogens with two attached hydrogens (primary N) is 1. The second kappa shape index (κ2) is 4.24. The van der Waals surface area contributed by atoms with Gasteiger partial charge in [0.05, 0.1) is 7.11 Å². The van der Waals surface area contributed by atoms with E-state index in [1.807, 2.05) is 32.0 Å². The van der Waals surface area contributed by atoms with E-state index in [1.54, 1.807) is 0 Å². The van der Waals surface area contributed by atoms with Crippen molar-refractivity contribution in [3.8, 4) is 0 Å². The Bertz CT molecular complexity index is 347. The molecule has 0 aromatic heterocycles. The van der Waals surface area contributed by atoms with Crippen LogP contribution >= 0.6 is 0 Å². The number of ether oxygens (including phenoxy) is 1. The quantitative estimate of drug-likeness (QED) is 0.724. The van der Waals surface area contributed by atoms with E-state index in [0.717, 1.165) is 11.1 Å². The van der Waals surface area contributed by atoms with E-state index in [1.165, 1.54) is 12.7 Å². The second-order valence-electron chi connectivity index (χ2n) is 3.34. The maximum absolute atomic E-state index is 11.2. The van der Waals surface area contributed by atoms with Gasteiger partial charge in [-0.05, 0) is 30.5 Å². The first-order valence-corrected chi connectivity index (χ1v) is 4.47. The summed E-state index contributed by atoms with van der Waals surface area (Å²) >= 11 is 0. The highest BCUT2D eigenvalue weighted by molar-refractivity contribution is 5.77. The van der Waals surface area contributed by atoms with Crippen LogP contribution in [0.5, 0.6) is 0 Å². The van der Waals surface area contributed by atoms with Gasteiger partial charge in [0.1, 0.15) is 6.04 Å². The predicted molar refractivity (Wildman–Crippen MR) is 54.9 cm³/mol. The first-order valence-electron chi connectivity index (χ1n) is 4.47. The topological polar surface area (TPSA) is 52.3 Å². The van der Waals surface area contributed by atoms with Crippen LogP contribution in [0.4, 0.5) is 0 Å². The molecule has 0 aliphatic carbocycles. The van der Waals surface area contributed by atoms with Crippen LogP contribution in [0.2, 0.25) is 0 Å². The van der Waals surface area contributed by atoms with Gasteiger partial charge in [-0.1, -0.05) is 18.2 Å². The fraction of sp³-hybridized carbons (Fsp3) is 0.364. The summed E-state index contributed by atoms with van der Waals surface area (Å²) in [6.45, 7) is 4.01. The summed E-state index contributed by atoms with van der Waals surface area (Å²) in [5.41, 5.74) is 8.80. The molecule has 0 amide bonds. The Labute approximate surface area is 83.9 Å². The van der Waals surface area contributed by atoms with E-state index >= 15 is 0 Å². The molecule has 0 unspecified atom stereocenters. The summed E-state index contributed by atoms with van der Waals surface area (Å²) in [5, 5.41) is 0. The molecule has 0 bridgehead atoms. The molecule has 0 saturated heterocycles. The molecule has 3 nitrogen and oxygen atoms in total. The van der Waals surface area contributed by atoms with Crippen LogP contribution in [0.15, 0.2) is 18.2 Å². The lowest BCUT2D eigenvalue weighted by molar-refractivity contribution is -0.142. The first kappa shape index (κ1) is 10.7. The number of methoxy groups -OCH3 is 1. The van der Waals surface area contributed by atoms with Crippen molar-refractivity contribution in [3.05, 3.63) is 34.9 Å². The monoisotopic (exact) mass is 193 g/mol. The van der Waals surface area contributed by atoms with E-state index in [2.05, 4.69) is 4.74 Å². The maximum atomic E-state index is 11.2. The van der Waals surface area contributed by atoms with Gasteiger partial charge in [-0.3, -0.25) is 4.79 Å². The Morgan fingerprint density at radius 1 is 1.36 bits per heavy atom. The van der Waals surface area contributed by atoms with Crippen LogP contribution < -0.4 is 5.73 Å². The molecule has 0 fully saturated rings. The van der Waals surface area contributed by atoms with Gasteiger partial charge in [0.15, 0.2) is 0 Å². The highest BCUT2D eigenvalue weighted by atomic mass is 16.5. The Balaban J connectivity index is 2.96. The first-order chi connectivity index (χ1) is 6.56. The number of benzene rings is 1. The molecule has 3 heteroatoms. The van der Waals surface area contributed by atoms with Gasteiger partial charge in [0, 0.05) is 0 Å². The van der Waals surface area contributed by atoms with Crippen molar-refractivity contribution in [3.63, 3.8) is 0 Å². The van der Waals surface area contributed by atoms with Crippen molar-refractivity contribution in [1.82, 2.24) is 0 Å². The molecule has 2 N–H and O–H groups in total. The number of rotatable bonds is 2. The van der Waals surface area contributed by atoms with E-state index in [9.17, 15) is 4.79 Å². The fourth-order valence-corrected chi connectivity index (χ4v) is 1.22. The number of hydrogen-bond acceptors (Lipinski definition) is 3. The molecule has 0 aliphatic heterocycles. The third-order valence-electron chi connectivity index (χ3n) is 2.35. The molecule has 1 atom stereocenters. The molecule has 1 aromatic carbocycles. The molecular weight excluding hydrogens is 178 g/mol. The average molecular weight is 193 g/mol. The van der Waals surface area contributed by atoms with E-state index in [-0.39, 0.29) is 0 Å². The Morgan fingerprint density at radius 2 is 2.00 bits per heavy atom. The lowest BCUT2D eigenvalue weighted by Crippen LogP contribution is -2.22.